The van der Waals surface area contributed by atoms with Crippen molar-refractivity contribution >= 4 is 11.9 Å². The first-order chi connectivity index (χ1) is 10.1. The lowest BCUT2D eigenvalue weighted by molar-refractivity contribution is -0.185. The minimum atomic E-state index is -1.25. The van der Waals surface area contributed by atoms with Gasteiger partial charge in [-0.1, -0.05) is 54.4 Å². The summed E-state index contributed by atoms with van der Waals surface area (Å²) < 4.78 is 0. The zero-order chi connectivity index (χ0) is 17.6. The van der Waals surface area contributed by atoms with Crippen molar-refractivity contribution in [3.8, 4) is 0 Å². The molecule has 0 amide bonds. The summed E-state index contributed by atoms with van der Waals surface area (Å²) in [7, 11) is 0. The van der Waals surface area contributed by atoms with Crippen LogP contribution in [-0.2, 0) is 9.59 Å². The first kappa shape index (κ1) is 20.9. The third-order valence-corrected chi connectivity index (χ3v) is 6.01. The van der Waals surface area contributed by atoms with E-state index in [4.69, 9.17) is 0 Å². The molecular weight excluding hydrogens is 280 g/mol. The number of carboxylic acids is 2. The molecule has 0 aliphatic carbocycles. The van der Waals surface area contributed by atoms with Crippen LogP contribution in [0, 0.1) is 16.2 Å². The van der Waals surface area contributed by atoms with E-state index in [1.54, 1.807) is 0 Å². The van der Waals surface area contributed by atoms with Gasteiger partial charge in [-0.2, -0.15) is 0 Å². The fourth-order valence-corrected chi connectivity index (χ4v) is 4.46. The van der Waals surface area contributed by atoms with Gasteiger partial charge in [-0.25, -0.2) is 0 Å². The Morgan fingerprint density at radius 1 is 0.818 bits per heavy atom. The van der Waals surface area contributed by atoms with Gasteiger partial charge in [0.05, 0.1) is 11.8 Å². The Kier molecular flexibility index (Phi) is 7.60. The number of hydrogen-bond donors (Lipinski definition) is 2. The molecule has 0 fully saturated rings. The number of rotatable bonds is 11. The molecule has 0 aliphatic rings. The van der Waals surface area contributed by atoms with Crippen LogP contribution in [0.1, 0.15) is 86.5 Å². The topological polar surface area (TPSA) is 74.6 Å². The van der Waals surface area contributed by atoms with Gasteiger partial charge in [-0.15, -0.1) is 0 Å². The maximum atomic E-state index is 12.5. The zero-order valence-electron chi connectivity index (χ0n) is 15.2. The summed E-state index contributed by atoms with van der Waals surface area (Å²) in [5.74, 6) is -1.97. The molecule has 22 heavy (non-hydrogen) atoms. The molecular formula is C18H34O4. The lowest BCUT2D eigenvalue weighted by Crippen LogP contribution is -2.57. The largest absolute Gasteiger partial charge is 0.481 e. The van der Waals surface area contributed by atoms with E-state index in [-0.39, 0.29) is 6.42 Å². The Morgan fingerprint density at radius 3 is 1.36 bits per heavy atom. The molecule has 0 saturated carbocycles. The van der Waals surface area contributed by atoms with E-state index in [9.17, 15) is 19.8 Å². The molecule has 0 heterocycles. The Hall–Kier alpha value is -1.06. The first-order valence-corrected chi connectivity index (χ1v) is 8.56. The molecule has 0 saturated heterocycles. The average molecular weight is 314 g/mol. The fourth-order valence-electron chi connectivity index (χ4n) is 4.46. The maximum Gasteiger partial charge on any atom is 0.311 e. The van der Waals surface area contributed by atoms with Crippen LogP contribution < -0.4 is 0 Å². The predicted molar refractivity (Wildman–Crippen MR) is 88.9 cm³/mol. The van der Waals surface area contributed by atoms with Crippen LogP contribution in [0.5, 0.6) is 0 Å². The Bertz CT molecular complexity index is 371. The molecule has 0 spiro atoms. The number of hydrogen-bond acceptors (Lipinski definition) is 2. The molecule has 130 valence electrons. The molecule has 0 aromatic carbocycles. The lowest BCUT2D eigenvalue weighted by Gasteiger charge is -2.55. The van der Waals surface area contributed by atoms with Crippen molar-refractivity contribution in [1.82, 2.24) is 0 Å². The second-order valence-electron chi connectivity index (χ2n) is 7.11. The molecule has 0 aliphatic heterocycles. The van der Waals surface area contributed by atoms with Crippen molar-refractivity contribution < 1.29 is 19.8 Å². The summed E-state index contributed by atoms with van der Waals surface area (Å²) in [6.45, 7) is 12.0. The van der Waals surface area contributed by atoms with Gasteiger partial charge >= 0.3 is 11.9 Å². The molecule has 0 aromatic rings. The van der Waals surface area contributed by atoms with Crippen LogP contribution in [0.2, 0.25) is 0 Å². The molecule has 0 aromatic heterocycles. The number of carboxylic acid groups (broad SMARTS) is 2. The summed E-state index contributed by atoms with van der Waals surface area (Å²) in [6, 6.07) is 0. The minimum absolute atomic E-state index is 0.309. The quantitative estimate of drug-likeness (QED) is 0.565. The summed E-state index contributed by atoms with van der Waals surface area (Å²) in [6.07, 6.45) is 4.18. The number of aliphatic carboxylic acids is 2. The van der Waals surface area contributed by atoms with Crippen molar-refractivity contribution in [3.05, 3.63) is 0 Å². The first-order valence-electron chi connectivity index (χ1n) is 8.56. The third-order valence-electron chi connectivity index (χ3n) is 6.01. The van der Waals surface area contributed by atoms with Crippen LogP contribution in [-0.4, -0.2) is 22.2 Å². The van der Waals surface area contributed by atoms with Crippen LogP contribution in [0.4, 0.5) is 0 Å². The van der Waals surface area contributed by atoms with Gasteiger partial charge in [-0.3, -0.25) is 9.59 Å². The van der Waals surface area contributed by atoms with Gasteiger partial charge in [-0.05, 0) is 36.5 Å². The molecule has 2 unspecified atom stereocenters. The SMILES string of the molecule is CCCC(C)(CC)C(CC(=O)O)(C(=O)O)C(C)(CC)CCC. The fraction of sp³-hybridized carbons (Fsp3) is 0.889. The molecule has 0 rings (SSSR count). The normalized spacial score (nSPS) is 19.7. The number of carbonyl (C=O) groups is 2. The summed E-state index contributed by atoms with van der Waals surface area (Å²) in [5.41, 5.74) is -2.32. The summed E-state index contributed by atoms with van der Waals surface area (Å²) in [5, 5.41) is 19.7. The van der Waals surface area contributed by atoms with Crippen molar-refractivity contribution in [3.63, 3.8) is 0 Å². The van der Waals surface area contributed by atoms with E-state index in [0.717, 1.165) is 25.7 Å². The summed E-state index contributed by atoms with van der Waals surface area (Å²) >= 11 is 0. The Balaban J connectivity index is 6.46. The van der Waals surface area contributed by atoms with Crippen molar-refractivity contribution in [1.29, 1.82) is 0 Å². The highest BCUT2D eigenvalue weighted by atomic mass is 16.4. The van der Waals surface area contributed by atoms with Crippen molar-refractivity contribution in [2.24, 2.45) is 16.2 Å². The van der Waals surface area contributed by atoms with E-state index in [1.165, 1.54) is 0 Å². The van der Waals surface area contributed by atoms with Gasteiger partial charge in [0.15, 0.2) is 0 Å². The minimum Gasteiger partial charge on any atom is -0.481 e. The Labute approximate surface area is 135 Å². The Morgan fingerprint density at radius 2 is 1.18 bits per heavy atom. The third kappa shape index (κ3) is 3.47. The van der Waals surface area contributed by atoms with E-state index in [1.807, 2.05) is 41.5 Å². The van der Waals surface area contributed by atoms with Gasteiger partial charge in [0.2, 0.25) is 0 Å². The monoisotopic (exact) mass is 314 g/mol. The van der Waals surface area contributed by atoms with Gasteiger partial charge in [0.1, 0.15) is 0 Å². The van der Waals surface area contributed by atoms with Crippen molar-refractivity contribution in [2.75, 3.05) is 0 Å². The predicted octanol–water partition coefficient (Wildman–Crippen LogP) is 4.96. The molecule has 4 nitrogen and oxygen atoms in total. The molecule has 0 radical (unpaired) electrons. The highest BCUT2D eigenvalue weighted by molar-refractivity contribution is 5.83. The molecule has 2 N–H and O–H groups in total. The zero-order valence-corrected chi connectivity index (χ0v) is 15.2. The van der Waals surface area contributed by atoms with Crippen LogP contribution in [0.25, 0.3) is 0 Å². The van der Waals surface area contributed by atoms with E-state index < -0.39 is 28.2 Å². The average Bonchev–Trinajstić information content (AvgIpc) is 2.44. The molecule has 0 bridgehead atoms. The van der Waals surface area contributed by atoms with Gasteiger partial charge in [0.25, 0.3) is 0 Å². The van der Waals surface area contributed by atoms with Gasteiger partial charge in [0, 0.05) is 0 Å². The standard InChI is InChI=1S/C18H34O4/c1-7-11-16(5,9-3)18(15(21)22,13-14(19)20)17(6,10-4)12-8-2/h7-13H2,1-6H3,(H,19,20)(H,21,22). The van der Waals surface area contributed by atoms with E-state index in [0.29, 0.717) is 12.8 Å². The van der Waals surface area contributed by atoms with E-state index in [2.05, 4.69) is 0 Å². The highest BCUT2D eigenvalue weighted by Crippen LogP contribution is 2.61. The highest BCUT2D eigenvalue weighted by Gasteiger charge is 2.62. The van der Waals surface area contributed by atoms with Crippen LogP contribution in [0.3, 0.4) is 0 Å². The second kappa shape index (κ2) is 7.98. The maximum absolute atomic E-state index is 12.5. The van der Waals surface area contributed by atoms with Crippen LogP contribution in [0.15, 0.2) is 0 Å². The smallest absolute Gasteiger partial charge is 0.311 e. The second-order valence-corrected chi connectivity index (χ2v) is 7.11. The van der Waals surface area contributed by atoms with Gasteiger partial charge < -0.3 is 10.2 Å². The van der Waals surface area contributed by atoms with E-state index >= 15 is 0 Å². The van der Waals surface area contributed by atoms with Crippen LogP contribution >= 0.6 is 0 Å². The molecule has 2 atom stereocenters. The van der Waals surface area contributed by atoms with Crippen molar-refractivity contribution in [2.45, 2.75) is 86.5 Å². The summed E-state index contributed by atoms with van der Waals surface area (Å²) in [4.78, 5) is 24.0. The molecule has 4 heteroatoms. The lowest BCUT2D eigenvalue weighted by atomic mass is 9.46.